The van der Waals surface area contributed by atoms with E-state index in [0.29, 0.717) is 16.6 Å². The van der Waals surface area contributed by atoms with Gasteiger partial charge in [-0.05, 0) is 29.8 Å². The Balaban J connectivity index is 1.42. The number of thiazole rings is 1. The third-order valence-corrected chi connectivity index (χ3v) is 5.21. The molecule has 0 saturated heterocycles. The second-order valence-corrected chi connectivity index (χ2v) is 7.38. The van der Waals surface area contributed by atoms with Crippen LogP contribution in [-0.2, 0) is 19.8 Å². The number of alkyl halides is 3. The number of fused-ring (bicyclic) bond motifs is 1. The SMILES string of the molecule is Cn1c(Nc2nc(C(=O)NCc3cccc(C(F)(F)F)c3)cs2)nc2ccccc21. The smallest absolute Gasteiger partial charge is 0.347 e. The van der Waals surface area contributed by atoms with Gasteiger partial charge in [0.15, 0.2) is 5.13 Å². The molecule has 0 spiro atoms. The number of nitrogens with one attached hydrogen (secondary N) is 2. The van der Waals surface area contributed by atoms with Gasteiger partial charge in [0.2, 0.25) is 5.95 Å². The molecule has 0 bridgehead atoms. The van der Waals surface area contributed by atoms with E-state index in [4.69, 9.17) is 0 Å². The summed E-state index contributed by atoms with van der Waals surface area (Å²) in [5.74, 6) is 0.114. The highest BCUT2D eigenvalue weighted by atomic mass is 32.1. The third kappa shape index (κ3) is 4.13. The molecule has 6 nitrogen and oxygen atoms in total. The first kappa shape index (κ1) is 19.9. The zero-order chi connectivity index (χ0) is 21.3. The molecule has 0 saturated carbocycles. The fourth-order valence-corrected chi connectivity index (χ4v) is 3.60. The Morgan fingerprint density at radius 2 is 1.93 bits per heavy atom. The molecule has 0 aliphatic heterocycles. The molecule has 0 aliphatic rings. The van der Waals surface area contributed by atoms with Gasteiger partial charge in [0.05, 0.1) is 16.6 Å². The van der Waals surface area contributed by atoms with Gasteiger partial charge in [0.1, 0.15) is 5.69 Å². The summed E-state index contributed by atoms with van der Waals surface area (Å²) in [5, 5.41) is 7.74. The van der Waals surface area contributed by atoms with Gasteiger partial charge < -0.3 is 15.2 Å². The Hall–Kier alpha value is -3.40. The van der Waals surface area contributed by atoms with Crippen molar-refractivity contribution < 1.29 is 18.0 Å². The number of para-hydroxylation sites is 2. The summed E-state index contributed by atoms with van der Waals surface area (Å²) in [4.78, 5) is 21.1. The Kier molecular flexibility index (Phi) is 5.17. The molecule has 2 aromatic carbocycles. The summed E-state index contributed by atoms with van der Waals surface area (Å²) in [7, 11) is 1.87. The summed E-state index contributed by atoms with van der Waals surface area (Å²) >= 11 is 1.23. The van der Waals surface area contributed by atoms with Crippen LogP contribution in [0.2, 0.25) is 0 Å². The molecule has 10 heteroatoms. The van der Waals surface area contributed by atoms with Crippen molar-refractivity contribution in [1.82, 2.24) is 19.9 Å². The van der Waals surface area contributed by atoms with Crippen molar-refractivity contribution in [2.75, 3.05) is 5.32 Å². The first-order chi connectivity index (χ1) is 14.3. The lowest BCUT2D eigenvalue weighted by Gasteiger charge is -2.09. The molecule has 4 rings (SSSR count). The van der Waals surface area contributed by atoms with Crippen LogP contribution in [0.4, 0.5) is 24.3 Å². The average Bonchev–Trinajstić information content (AvgIpc) is 3.31. The van der Waals surface area contributed by atoms with E-state index in [2.05, 4.69) is 20.6 Å². The predicted molar refractivity (Wildman–Crippen MR) is 109 cm³/mol. The molecule has 0 unspecified atom stereocenters. The number of anilines is 2. The van der Waals surface area contributed by atoms with Crippen LogP contribution in [0.5, 0.6) is 0 Å². The molecule has 0 fully saturated rings. The second-order valence-electron chi connectivity index (χ2n) is 6.53. The number of halogens is 3. The highest BCUT2D eigenvalue weighted by Gasteiger charge is 2.30. The zero-order valence-corrected chi connectivity index (χ0v) is 16.5. The van der Waals surface area contributed by atoms with E-state index in [1.165, 1.54) is 23.5 Å². The average molecular weight is 431 g/mol. The summed E-state index contributed by atoms with van der Waals surface area (Å²) in [5.41, 5.74) is 1.56. The number of benzene rings is 2. The Morgan fingerprint density at radius 1 is 1.13 bits per heavy atom. The van der Waals surface area contributed by atoms with Gasteiger partial charge >= 0.3 is 6.18 Å². The molecule has 2 N–H and O–H groups in total. The minimum Gasteiger partial charge on any atom is -0.347 e. The van der Waals surface area contributed by atoms with Crippen molar-refractivity contribution in [1.29, 1.82) is 0 Å². The largest absolute Gasteiger partial charge is 0.416 e. The molecule has 2 heterocycles. The minimum absolute atomic E-state index is 0.0339. The fraction of sp³-hybridized carbons (Fsp3) is 0.150. The molecule has 30 heavy (non-hydrogen) atoms. The van der Waals surface area contributed by atoms with Crippen molar-refractivity contribution in [2.24, 2.45) is 7.05 Å². The number of nitrogens with zero attached hydrogens (tertiary/aromatic N) is 3. The highest BCUT2D eigenvalue weighted by molar-refractivity contribution is 7.14. The molecule has 4 aromatic rings. The normalized spacial score (nSPS) is 11.6. The van der Waals surface area contributed by atoms with Crippen molar-refractivity contribution in [3.8, 4) is 0 Å². The topological polar surface area (TPSA) is 71.8 Å². The lowest BCUT2D eigenvalue weighted by atomic mass is 10.1. The Labute approximate surface area is 173 Å². The van der Waals surface area contributed by atoms with E-state index < -0.39 is 17.6 Å². The third-order valence-electron chi connectivity index (χ3n) is 4.45. The van der Waals surface area contributed by atoms with Gasteiger partial charge in [-0.3, -0.25) is 4.79 Å². The summed E-state index contributed by atoms with van der Waals surface area (Å²) < 4.78 is 40.3. The quantitative estimate of drug-likeness (QED) is 0.480. The Morgan fingerprint density at radius 3 is 2.70 bits per heavy atom. The van der Waals surface area contributed by atoms with Crippen molar-refractivity contribution in [3.63, 3.8) is 0 Å². The van der Waals surface area contributed by atoms with Gasteiger partial charge in [0.25, 0.3) is 5.91 Å². The van der Waals surface area contributed by atoms with Crippen LogP contribution >= 0.6 is 11.3 Å². The second kappa shape index (κ2) is 7.79. The van der Waals surface area contributed by atoms with Crippen LogP contribution < -0.4 is 10.6 Å². The van der Waals surface area contributed by atoms with Crippen LogP contribution in [0.25, 0.3) is 11.0 Å². The first-order valence-electron chi connectivity index (χ1n) is 8.89. The van der Waals surface area contributed by atoms with Crippen LogP contribution in [0.15, 0.2) is 53.9 Å². The van der Waals surface area contributed by atoms with Crippen LogP contribution in [0, 0.1) is 0 Å². The lowest BCUT2D eigenvalue weighted by molar-refractivity contribution is -0.137. The van der Waals surface area contributed by atoms with E-state index >= 15 is 0 Å². The summed E-state index contributed by atoms with van der Waals surface area (Å²) in [6.45, 7) is -0.0339. The fourth-order valence-electron chi connectivity index (χ4n) is 2.92. The van der Waals surface area contributed by atoms with Crippen LogP contribution in [0.1, 0.15) is 21.6 Å². The standard InChI is InChI=1S/C20H16F3N5OS/c1-28-16-8-3-2-7-14(16)25-18(28)27-19-26-15(11-30-19)17(29)24-10-12-5-4-6-13(9-12)20(21,22)23/h2-9,11H,10H2,1H3,(H,24,29)(H,25,26,27). The molecule has 0 aliphatic carbocycles. The summed E-state index contributed by atoms with van der Waals surface area (Å²) in [6, 6.07) is 12.5. The van der Waals surface area contributed by atoms with E-state index in [1.54, 1.807) is 5.38 Å². The molecular formula is C20H16F3N5OS. The van der Waals surface area contributed by atoms with Crippen molar-refractivity contribution >= 4 is 39.4 Å². The number of hydrogen-bond donors (Lipinski definition) is 2. The van der Waals surface area contributed by atoms with E-state index in [9.17, 15) is 18.0 Å². The van der Waals surface area contributed by atoms with Gasteiger partial charge in [0, 0.05) is 19.0 Å². The number of carbonyl (C=O) groups excluding carboxylic acids is 1. The molecule has 2 aromatic heterocycles. The lowest BCUT2D eigenvalue weighted by Crippen LogP contribution is -2.23. The molecule has 0 radical (unpaired) electrons. The molecule has 1 amide bonds. The first-order valence-corrected chi connectivity index (χ1v) is 9.77. The number of aromatic nitrogens is 3. The molecule has 154 valence electrons. The van der Waals surface area contributed by atoms with E-state index in [0.717, 1.165) is 23.2 Å². The van der Waals surface area contributed by atoms with Gasteiger partial charge in [-0.1, -0.05) is 24.3 Å². The maximum atomic E-state index is 12.8. The van der Waals surface area contributed by atoms with Crippen LogP contribution in [-0.4, -0.2) is 20.4 Å². The Bertz CT molecular complexity index is 1210. The molecular weight excluding hydrogens is 415 g/mol. The summed E-state index contributed by atoms with van der Waals surface area (Å²) in [6.07, 6.45) is -4.43. The van der Waals surface area contributed by atoms with Crippen molar-refractivity contribution in [2.45, 2.75) is 12.7 Å². The zero-order valence-electron chi connectivity index (χ0n) is 15.7. The van der Waals surface area contributed by atoms with Gasteiger partial charge in [-0.25, -0.2) is 9.97 Å². The highest BCUT2D eigenvalue weighted by Crippen LogP contribution is 2.29. The predicted octanol–water partition coefficient (Wildman–Crippen LogP) is 4.72. The maximum Gasteiger partial charge on any atom is 0.416 e. The van der Waals surface area contributed by atoms with E-state index in [-0.39, 0.29) is 12.2 Å². The number of carbonyl (C=O) groups is 1. The minimum atomic E-state index is -4.43. The maximum absolute atomic E-state index is 12.8. The number of imidazole rings is 1. The number of rotatable bonds is 5. The number of amides is 1. The van der Waals surface area contributed by atoms with Gasteiger partial charge in [-0.15, -0.1) is 11.3 Å². The monoisotopic (exact) mass is 431 g/mol. The molecule has 0 atom stereocenters. The number of aryl methyl sites for hydroxylation is 1. The van der Waals surface area contributed by atoms with Crippen molar-refractivity contribution in [3.05, 3.63) is 70.7 Å². The van der Waals surface area contributed by atoms with Gasteiger partial charge in [-0.2, -0.15) is 13.2 Å². The number of hydrogen-bond acceptors (Lipinski definition) is 5. The van der Waals surface area contributed by atoms with E-state index in [1.807, 2.05) is 35.9 Å². The van der Waals surface area contributed by atoms with Crippen LogP contribution in [0.3, 0.4) is 0 Å².